The van der Waals surface area contributed by atoms with Gasteiger partial charge in [0.1, 0.15) is 45.3 Å². The smallest absolute Gasteiger partial charge is 0.442 e. The number of rotatable bonds is 9. The van der Waals surface area contributed by atoms with Crippen molar-refractivity contribution in [3.05, 3.63) is 276 Å². The van der Waals surface area contributed by atoms with E-state index in [1.165, 1.54) is 34.8 Å². The standard InChI is InChI=1S/C74H34N8O12S4/c83-61-39-15-7-8-16-40(39)62(84)51(61)27-37-25-47-55-56(78-81(77-55)73(91)93-31-33-11-3-1-4-12-33)48-26-38(96-70(48)69(47)95-37)28-52-63(85)43-21-19-35(23-45(43)64(52)86)36-20-22-44-46(24-36)68(90)60(67(44)89)76-54-30-50-58-57(79-82(80-58)74(92)94-32-34-13-5-2-6-14-34)49-29-53(97-71(49)72(50)98-54)75-59-65(87)41-17-9-10-18-42(41)66(59)88/h1-30H,31-32H2/b52-28+,76-60+. The Labute approximate surface area is 561 Å². The van der Waals surface area contributed by atoms with E-state index in [-0.39, 0.29) is 83.8 Å². The van der Waals surface area contributed by atoms with E-state index >= 15 is 0 Å². The van der Waals surface area contributed by atoms with Crippen LogP contribution in [0.2, 0.25) is 0 Å². The van der Waals surface area contributed by atoms with Crippen molar-refractivity contribution in [2.24, 2.45) is 9.98 Å². The Hall–Kier alpha value is -12.5. The van der Waals surface area contributed by atoms with E-state index in [9.17, 15) is 47.9 Å². The molecule has 20 nitrogen and oxygen atoms in total. The van der Waals surface area contributed by atoms with Gasteiger partial charge in [-0.05, 0) is 82.9 Å². The molecule has 0 saturated carbocycles. The molecule has 0 fully saturated rings. The highest BCUT2D eigenvalue weighted by Gasteiger charge is 2.36. The van der Waals surface area contributed by atoms with Gasteiger partial charge in [0, 0.05) is 75.1 Å². The predicted octanol–water partition coefficient (Wildman–Crippen LogP) is 13.0. The zero-order chi connectivity index (χ0) is 66.5. The van der Waals surface area contributed by atoms with Gasteiger partial charge in [0.05, 0.1) is 29.9 Å². The van der Waals surface area contributed by atoms with Crippen LogP contribution in [-0.2, 0) is 22.7 Å². The molecule has 0 N–H and O–H groups in total. The number of aromatic nitrogens is 6. The molecule has 0 radical (unpaired) electrons. The number of hydrogen-bond acceptors (Lipinski definition) is 22. The Morgan fingerprint density at radius 2 is 0.735 bits per heavy atom. The first kappa shape index (κ1) is 58.1. The lowest BCUT2D eigenvalue weighted by molar-refractivity contribution is 0.0975. The van der Waals surface area contributed by atoms with Gasteiger partial charge < -0.3 is 9.47 Å². The summed E-state index contributed by atoms with van der Waals surface area (Å²) in [5.41, 5.74) is 2.12. The van der Waals surface area contributed by atoms with Gasteiger partial charge in [0.15, 0.2) is 33.8 Å². The normalized spacial score (nSPS) is 13.8. The molecule has 0 saturated heterocycles. The van der Waals surface area contributed by atoms with Crippen LogP contribution >= 0.6 is 45.3 Å². The molecule has 2 aliphatic carbocycles. The zero-order valence-electron chi connectivity index (χ0n) is 49.8. The van der Waals surface area contributed by atoms with Crippen LogP contribution in [0.3, 0.4) is 0 Å². The number of carbonyl (C=O) groups excluding carboxylic acids is 6. The van der Waals surface area contributed by atoms with Gasteiger partial charge in [0.2, 0.25) is 21.7 Å². The summed E-state index contributed by atoms with van der Waals surface area (Å²) in [6, 6.07) is 47.6. The monoisotopic (exact) mass is 1350 g/mol. The van der Waals surface area contributed by atoms with Crippen LogP contribution < -0.4 is 32.4 Å². The van der Waals surface area contributed by atoms with E-state index in [1.54, 1.807) is 121 Å². The predicted molar refractivity (Wildman–Crippen MR) is 374 cm³/mol. The van der Waals surface area contributed by atoms with Crippen molar-refractivity contribution in [1.29, 1.82) is 0 Å². The Balaban J connectivity index is 0.685. The average Bonchev–Trinajstić information content (AvgIpc) is 1.57. The minimum Gasteiger partial charge on any atom is -0.442 e. The Morgan fingerprint density at radius 1 is 0.367 bits per heavy atom. The highest BCUT2D eigenvalue weighted by molar-refractivity contribution is 7.31. The third-order valence-corrected chi connectivity index (χ3v) is 21.9. The first-order chi connectivity index (χ1) is 47.7. The lowest BCUT2D eigenvalue weighted by atomic mass is 9.99. The summed E-state index contributed by atoms with van der Waals surface area (Å²) in [5, 5.41) is 21.0. The second kappa shape index (κ2) is 22.0. The topological polar surface area (TPSA) is 275 Å². The summed E-state index contributed by atoms with van der Waals surface area (Å²) in [7, 11) is 0. The van der Waals surface area contributed by atoms with Gasteiger partial charge in [-0.25, -0.2) is 19.6 Å². The minimum absolute atomic E-state index is 0.00654. The zero-order valence-corrected chi connectivity index (χ0v) is 53.1. The quantitative estimate of drug-likeness (QED) is 0.0959. The van der Waals surface area contributed by atoms with Crippen LogP contribution in [0.4, 0.5) is 19.6 Å². The summed E-state index contributed by atoms with van der Waals surface area (Å²) in [6.45, 7) is -0.101. The molecule has 16 aromatic rings. The van der Waals surface area contributed by atoms with Crippen LogP contribution in [0.25, 0.3) is 107 Å². The fourth-order valence-corrected chi connectivity index (χ4v) is 17.3. The molecule has 0 bridgehead atoms. The number of nitrogens with zero attached hydrogens (tertiary/aromatic N) is 8. The van der Waals surface area contributed by atoms with Gasteiger partial charge >= 0.3 is 12.2 Å². The number of ketones is 4. The number of hydrogen-bond donors (Lipinski definition) is 0. The molecule has 24 heteroatoms. The van der Waals surface area contributed by atoms with E-state index in [2.05, 4.69) is 30.4 Å². The van der Waals surface area contributed by atoms with E-state index < -0.39 is 57.0 Å². The van der Waals surface area contributed by atoms with Crippen molar-refractivity contribution in [2.75, 3.05) is 0 Å². The Kier molecular flexibility index (Phi) is 13.1. The van der Waals surface area contributed by atoms with Crippen molar-refractivity contribution < 1.29 is 38.2 Å². The molecule has 6 heterocycles. The largest absolute Gasteiger partial charge is 0.452 e. The van der Waals surface area contributed by atoms with Crippen LogP contribution in [-0.4, -0.2) is 65.3 Å². The molecule has 0 unspecified atom stereocenters. The Bertz CT molecular complexity index is 6720. The second-order valence-electron chi connectivity index (χ2n) is 23.2. The van der Waals surface area contributed by atoms with Gasteiger partial charge in [-0.3, -0.25) is 38.4 Å². The minimum atomic E-state index is -0.866. The number of ether oxygens (including phenoxy) is 2. The number of Topliss-reactive ketones (excluding diaryl/α,β-unsaturated/α-hetero) is 4. The fraction of sp³-hybridized carbons (Fsp3) is 0.0270. The maximum Gasteiger partial charge on any atom is 0.452 e. The van der Waals surface area contributed by atoms with Crippen LogP contribution in [0.5, 0.6) is 0 Å². The highest BCUT2D eigenvalue weighted by atomic mass is 32.1. The maximum atomic E-state index is 14.5. The van der Waals surface area contributed by atoms with Crippen molar-refractivity contribution in [1.82, 2.24) is 30.0 Å². The number of carbonyl (C=O) groups is 6. The average molecular weight is 1360 g/mol. The number of benzene rings is 8. The molecule has 98 heavy (non-hydrogen) atoms. The molecule has 0 spiro atoms. The lowest BCUT2D eigenvalue weighted by Gasteiger charge is -2.04. The fourth-order valence-electron chi connectivity index (χ4n) is 12.7. The highest BCUT2D eigenvalue weighted by Crippen LogP contribution is 2.48. The van der Waals surface area contributed by atoms with Gasteiger partial charge in [-0.2, -0.15) is 0 Å². The SMILES string of the molecule is O=C1C(=Cc2cc3c4nn(C(=O)OCc5ccccc5)nc4c4cc(/C=C5\C(=O)c6ccc(-c7ccc8c(=O)/c(=N\c9cc%10c%11nn(C(=O)OCc%12ccccc%12)nc%11c%11cc(N=c%12c(=O)c%13ccccc%13c%12=O)sc%11c%10s9)c(=O)c8c7)cc6C5=O)sc4c3s2)C(=O)c2ccccc21. The Morgan fingerprint density at radius 3 is 1.20 bits per heavy atom. The molecule has 2 aliphatic rings. The molecular formula is C74H34N8O12S4. The summed E-state index contributed by atoms with van der Waals surface area (Å²) >= 11 is 4.88. The number of thiophene rings is 4. The van der Waals surface area contributed by atoms with Gasteiger partial charge in [-0.15, -0.1) is 65.7 Å². The molecule has 6 aromatic heterocycles. The molecule has 466 valence electrons. The van der Waals surface area contributed by atoms with Gasteiger partial charge in [-0.1, -0.05) is 131 Å². The molecule has 10 aromatic carbocycles. The molecule has 18 rings (SSSR count). The van der Waals surface area contributed by atoms with E-state index in [0.29, 0.717) is 88.4 Å². The summed E-state index contributed by atoms with van der Waals surface area (Å²) < 4.78 is 13.7. The summed E-state index contributed by atoms with van der Waals surface area (Å²) in [6.07, 6.45) is 1.36. The van der Waals surface area contributed by atoms with Crippen LogP contribution in [0, 0.1) is 0 Å². The summed E-state index contributed by atoms with van der Waals surface area (Å²) in [5.74, 6) is -1.86. The third-order valence-electron chi connectivity index (χ3n) is 17.4. The lowest BCUT2D eigenvalue weighted by Crippen LogP contribution is -2.31. The summed E-state index contributed by atoms with van der Waals surface area (Å²) in [4.78, 5) is 151. The first-order valence-electron chi connectivity index (χ1n) is 30.1. The van der Waals surface area contributed by atoms with Crippen molar-refractivity contribution in [3.63, 3.8) is 0 Å². The van der Waals surface area contributed by atoms with Crippen LogP contribution in [0.15, 0.2) is 210 Å². The van der Waals surface area contributed by atoms with Crippen molar-refractivity contribution in [3.8, 4) is 11.1 Å². The molecule has 0 amide bonds. The van der Waals surface area contributed by atoms with E-state index in [1.807, 2.05) is 48.5 Å². The van der Waals surface area contributed by atoms with E-state index in [4.69, 9.17) is 9.47 Å². The third kappa shape index (κ3) is 9.13. The number of allylic oxidation sites excluding steroid dienone is 2. The van der Waals surface area contributed by atoms with Crippen molar-refractivity contribution in [2.45, 2.75) is 13.2 Å². The molecular weight excluding hydrogens is 1320 g/mol. The van der Waals surface area contributed by atoms with Gasteiger partial charge in [0.25, 0.3) is 0 Å². The molecule has 0 atom stereocenters. The van der Waals surface area contributed by atoms with Crippen molar-refractivity contribution >= 4 is 187 Å². The van der Waals surface area contributed by atoms with E-state index in [0.717, 1.165) is 43.4 Å². The first-order valence-corrected chi connectivity index (χ1v) is 33.3. The maximum absolute atomic E-state index is 14.5. The number of fused-ring (bicyclic) bond motifs is 16. The second-order valence-corrected chi connectivity index (χ2v) is 27.4. The molecule has 0 aliphatic heterocycles. The van der Waals surface area contributed by atoms with Crippen LogP contribution in [0.1, 0.15) is 62.3 Å².